The van der Waals surface area contributed by atoms with Crippen LogP contribution in [0.4, 0.5) is 4.39 Å². The number of rotatable bonds is 2. The van der Waals surface area contributed by atoms with E-state index in [1.807, 2.05) is 0 Å². The Bertz CT molecular complexity index is 528. The average molecular weight is 293 g/mol. The van der Waals surface area contributed by atoms with E-state index in [9.17, 15) is 14.3 Å². The van der Waals surface area contributed by atoms with Crippen molar-refractivity contribution in [2.45, 2.75) is 37.4 Å². The van der Waals surface area contributed by atoms with E-state index in [1.54, 1.807) is 23.1 Å². The number of halogens is 1. The van der Waals surface area contributed by atoms with Gasteiger partial charge in [-0.1, -0.05) is 18.2 Å². The molecule has 2 atom stereocenters. The van der Waals surface area contributed by atoms with E-state index in [4.69, 9.17) is 4.74 Å². The number of benzene rings is 1. The summed E-state index contributed by atoms with van der Waals surface area (Å²) in [6, 6.07) is 6.34. The minimum atomic E-state index is -0.608. The normalized spacial score (nSPS) is 29.0. The quantitative estimate of drug-likeness (QED) is 0.899. The van der Waals surface area contributed by atoms with Crippen LogP contribution >= 0.6 is 0 Å². The van der Waals surface area contributed by atoms with Crippen molar-refractivity contribution in [1.29, 1.82) is 0 Å². The first-order valence-electron chi connectivity index (χ1n) is 7.44. The van der Waals surface area contributed by atoms with Gasteiger partial charge in [-0.25, -0.2) is 4.39 Å². The Morgan fingerprint density at radius 1 is 1.48 bits per heavy atom. The van der Waals surface area contributed by atoms with E-state index in [2.05, 4.69) is 0 Å². The van der Waals surface area contributed by atoms with E-state index in [0.29, 0.717) is 31.7 Å². The topological polar surface area (TPSA) is 49.8 Å². The number of likely N-dealkylation sites (tertiary alicyclic amines) is 1. The standard InChI is InChI=1S/C16H20FNO3/c17-13-5-2-1-4-12(13)10-15(20)18-8-6-14(19)16(11-18)7-3-9-21-16/h1-2,4-5,14,19H,3,6-11H2/t14-,16-/m0/s1. The van der Waals surface area contributed by atoms with Gasteiger partial charge in [-0.05, 0) is 30.9 Å². The number of aliphatic hydroxyl groups excluding tert-OH is 1. The van der Waals surface area contributed by atoms with E-state index in [0.717, 1.165) is 12.8 Å². The Morgan fingerprint density at radius 3 is 3.00 bits per heavy atom. The molecule has 1 amide bonds. The largest absolute Gasteiger partial charge is 0.390 e. The third-order valence-electron chi connectivity index (χ3n) is 4.52. The van der Waals surface area contributed by atoms with Crippen LogP contribution < -0.4 is 0 Å². The van der Waals surface area contributed by atoms with Crippen molar-refractivity contribution in [2.75, 3.05) is 19.7 Å². The van der Waals surface area contributed by atoms with Crippen LogP contribution in [0.5, 0.6) is 0 Å². The van der Waals surface area contributed by atoms with Crippen molar-refractivity contribution in [1.82, 2.24) is 4.90 Å². The minimum absolute atomic E-state index is 0.0544. The van der Waals surface area contributed by atoms with Gasteiger partial charge in [-0.15, -0.1) is 0 Å². The molecular weight excluding hydrogens is 273 g/mol. The molecule has 1 N–H and O–H groups in total. The maximum Gasteiger partial charge on any atom is 0.227 e. The first kappa shape index (κ1) is 14.5. The summed E-state index contributed by atoms with van der Waals surface area (Å²) >= 11 is 0. The van der Waals surface area contributed by atoms with E-state index < -0.39 is 11.7 Å². The second kappa shape index (κ2) is 5.73. The van der Waals surface area contributed by atoms with Gasteiger partial charge in [0.1, 0.15) is 11.4 Å². The number of amides is 1. The molecule has 3 rings (SSSR count). The van der Waals surface area contributed by atoms with Crippen LogP contribution in [0.3, 0.4) is 0 Å². The first-order chi connectivity index (χ1) is 10.1. The molecule has 2 saturated heterocycles. The van der Waals surface area contributed by atoms with E-state index >= 15 is 0 Å². The number of hydrogen-bond acceptors (Lipinski definition) is 3. The molecule has 0 aromatic heterocycles. The van der Waals surface area contributed by atoms with E-state index in [1.165, 1.54) is 6.07 Å². The van der Waals surface area contributed by atoms with Crippen LogP contribution in [-0.2, 0) is 16.0 Å². The zero-order chi connectivity index (χ0) is 14.9. The van der Waals surface area contributed by atoms with E-state index in [-0.39, 0.29) is 18.1 Å². The second-order valence-corrected chi connectivity index (χ2v) is 5.90. The molecule has 0 bridgehead atoms. The lowest BCUT2D eigenvalue weighted by molar-refractivity contribution is -0.154. The highest BCUT2D eigenvalue weighted by Crippen LogP contribution is 2.35. The molecule has 2 aliphatic heterocycles. The summed E-state index contributed by atoms with van der Waals surface area (Å²) in [5.41, 5.74) is -0.196. The summed E-state index contributed by atoms with van der Waals surface area (Å²) in [5, 5.41) is 10.2. The molecule has 1 aromatic rings. The SMILES string of the molecule is O=C(Cc1ccccc1F)N1CC[C@H](O)[C@]2(CCCO2)C1. The Balaban J connectivity index is 1.69. The highest BCUT2D eigenvalue weighted by Gasteiger charge is 2.47. The summed E-state index contributed by atoms with van der Waals surface area (Å²) in [7, 11) is 0. The average Bonchev–Trinajstić information content (AvgIpc) is 2.94. The van der Waals surface area contributed by atoms with Crippen LogP contribution in [0.25, 0.3) is 0 Å². The third-order valence-corrected chi connectivity index (χ3v) is 4.52. The maximum atomic E-state index is 13.6. The van der Waals surface area contributed by atoms with Crippen LogP contribution in [0.2, 0.25) is 0 Å². The number of carbonyl (C=O) groups is 1. The highest BCUT2D eigenvalue weighted by molar-refractivity contribution is 5.79. The number of aliphatic hydroxyl groups is 1. The molecular formula is C16H20FNO3. The van der Waals surface area contributed by atoms with Gasteiger partial charge in [-0.3, -0.25) is 4.79 Å². The van der Waals surface area contributed by atoms with Gasteiger partial charge in [0.2, 0.25) is 5.91 Å². The van der Waals surface area contributed by atoms with Crippen molar-refractivity contribution in [3.8, 4) is 0 Å². The predicted molar refractivity (Wildman–Crippen MR) is 75.2 cm³/mol. The molecule has 0 aliphatic carbocycles. The molecule has 0 unspecified atom stereocenters. The zero-order valence-electron chi connectivity index (χ0n) is 11.9. The van der Waals surface area contributed by atoms with Gasteiger partial charge in [0.15, 0.2) is 0 Å². The third kappa shape index (κ3) is 2.80. The van der Waals surface area contributed by atoms with Crippen molar-refractivity contribution >= 4 is 5.91 Å². The molecule has 21 heavy (non-hydrogen) atoms. The molecule has 0 saturated carbocycles. The molecule has 0 radical (unpaired) electrons. The number of piperidine rings is 1. The Kier molecular flexibility index (Phi) is 3.95. The van der Waals surface area contributed by atoms with Gasteiger partial charge in [-0.2, -0.15) is 0 Å². The molecule has 2 aliphatic rings. The summed E-state index contributed by atoms with van der Waals surface area (Å²) < 4.78 is 19.4. The van der Waals surface area contributed by atoms with Crippen LogP contribution in [0, 0.1) is 5.82 Å². The Morgan fingerprint density at radius 2 is 2.29 bits per heavy atom. The zero-order valence-corrected chi connectivity index (χ0v) is 11.9. The fraction of sp³-hybridized carbons (Fsp3) is 0.562. The number of carbonyl (C=O) groups excluding carboxylic acids is 1. The molecule has 4 nitrogen and oxygen atoms in total. The van der Waals surface area contributed by atoms with Gasteiger partial charge < -0.3 is 14.7 Å². The van der Waals surface area contributed by atoms with Gasteiger partial charge in [0, 0.05) is 13.2 Å². The van der Waals surface area contributed by atoms with Crippen molar-refractivity contribution in [3.05, 3.63) is 35.6 Å². The van der Waals surface area contributed by atoms with Gasteiger partial charge in [0.25, 0.3) is 0 Å². The molecule has 1 spiro atoms. The monoisotopic (exact) mass is 293 g/mol. The first-order valence-corrected chi connectivity index (χ1v) is 7.44. The summed E-state index contributed by atoms with van der Waals surface area (Å²) in [5.74, 6) is -0.461. The van der Waals surface area contributed by atoms with Crippen molar-refractivity contribution in [2.24, 2.45) is 0 Å². The second-order valence-electron chi connectivity index (χ2n) is 5.90. The molecule has 2 fully saturated rings. The Hall–Kier alpha value is -1.46. The van der Waals surface area contributed by atoms with Crippen molar-refractivity contribution < 1.29 is 19.0 Å². The molecule has 5 heteroatoms. The predicted octanol–water partition coefficient (Wildman–Crippen LogP) is 1.51. The van der Waals surface area contributed by atoms with Crippen LogP contribution in [0.1, 0.15) is 24.8 Å². The molecule has 1 aromatic carbocycles. The van der Waals surface area contributed by atoms with Gasteiger partial charge in [0.05, 0.1) is 19.1 Å². The number of ether oxygens (including phenoxy) is 1. The fourth-order valence-electron chi connectivity index (χ4n) is 3.28. The summed E-state index contributed by atoms with van der Waals surface area (Å²) in [6.45, 7) is 1.54. The summed E-state index contributed by atoms with van der Waals surface area (Å²) in [6.07, 6.45) is 1.74. The smallest absolute Gasteiger partial charge is 0.227 e. The number of nitrogens with zero attached hydrogens (tertiary/aromatic N) is 1. The maximum absolute atomic E-state index is 13.6. The lowest BCUT2D eigenvalue weighted by Gasteiger charge is -2.43. The van der Waals surface area contributed by atoms with Crippen molar-refractivity contribution in [3.63, 3.8) is 0 Å². The lowest BCUT2D eigenvalue weighted by atomic mass is 9.87. The fourth-order valence-corrected chi connectivity index (χ4v) is 3.28. The molecule has 114 valence electrons. The molecule has 2 heterocycles. The minimum Gasteiger partial charge on any atom is -0.390 e. The van der Waals surface area contributed by atoms with Crippen LogP contribution in [-0.4, -0.2) is 47.3 Å². The highest BCUT2D eigenvalue weighted by atomic mass is 19.1. The summed E-state index contributed by atoms with van der Waals surface area (Å²) in [4.78, 5) is 14.1. The van der Waals surface area contributed by atoms with Crippen LogP contribution in [0.15, 0.2) is 24.3 Å². The Labute approximate surface area is 123 Å². The lowest BCUT2D eigenvalue weighted by Crippen LogP contribution is -2.58. The van der Waals surface area contributed by atoms with Gasteiger partial charge >= 0.3 is 0 Å². The number of hydrogen-bond donors (Lipinski definition) is 1.